The van der Waals surface area contributed by atoms with E-state index in [1.54, 1.807) is 0 Å². The van der Waals surface area contributed by atoms with Crippen molar-refractivity contribution in [2.24, 2.45) is 0 Å². The maximum Gasteiger partial charge on any atom is 0.378 e. The molecule has 1 N–H and O–H groups in total. The lowest BCUT2D eigenvalue weighted by Crippen LogP contribution is -2.34. The van der Waals surface area contributed by atoms with Gasteiger partial charge in [0.05, 0.1) is 7.11 Å². The Morgan fingerprint density at radius 1 is 0.939 bits per heavy atom. The van der Waals surface area contributed by atoms with E-state index in [2.05, 4.69) is 6.92 Å². The highest BCUT2D eigenvalue weighted by Crippen LogP contribution is 2.27. The van der Waals surface area contributed by atoms with Crippen LogP contribution in [0.3, 0.4) is 0 Å². The summed E-state index contributed by atoms with van der Waals surface area (Å²) in [5.41, 5.74) is 0. The number of aliphatic hydroxyl groups excluding tert-OH is 1. The number of esters is 2. The zero-order chi connectivity index (χ0) is 24.3. The number of unbranched alkanes of at least 4 members (excludes halogenated alkanes) is 12. The van der Waals surface area contributed by atoms with Crippen molar-refractivity contribution in [2.75, 3.05) is 27.6 Å². The van der Waals surface area contributed by atoms with E-state index in [4.69, 9.17) is 23.7 Å². The molecule has 1 heterocycles. The second-order valence-corrected chi connectivity index (χ2v) is 8.52. The van der Waals surface area contributed by atoms with E-state index in [0.29, 0.717) is 6.42 Å². The minimum Gasteiger partial charge on any atom is -0.487 e. The molecule has 33 heavy (non-hydrogen) atoms. The van der Waals surface area contributed by atoms with Crippen molar-refractivity contribution in [3.8, 4) is 0 Å². The van der Waals surface area contributed by atoms with Gasteiger partial charge in [-0.05, 0) is 6.42 Å². The van der Waals surface area contributed by atoms with Gasteiger partial charge in [-0.3, -0.25) is 4.79 Å². The van der Waals surface area contributed by atoms with Gasteiger partial charge in [0, 0.05) is 13.5 Å². The second-order valence-electron chi connectivity index (χ2n) is 8.52. The van der Waals surface area contributed by atoms with Crippen LogP contribution in [-0.4, -0.2) is 56.9 Å². The van der Waals surface area contributed by atoms with Crippen LogP contribution in [0.15, 0.2) is 11.5 Å². The summed E-state index contributed by atoms with van der Waals surface area (Å²) in [5, 5.41) is 10.3. The molecular weight excluding hydrogens is 428 g/mol. The Bertz CT molecular complexity index is 575. The fourth-order valence-corrected chi connectivity index (χ4v) is 3.78. The van der Waals surface area contributed by atoms with Crippen molar-refractivity contribution in [1.29, 1.82) is 0 Å². The van der Waals surface area contributed by atoms with Gasteiger partial charge < -0.3 is 28.8 Å². The average Bonchev–Trinajstić information content (AvgIpc) is 3.14. The number of ether oxygens (including phenoxy) is 5. The number of carbonyl (C=O) groups excluding carboxylic acids is 2. The molecule has 0 amide bonds. The lowest BCUT2D eigenvalue weighted by atomic mass is 10.0. The van der Waals surface area contributed by atoms with Gasteiger partial charge in [0.25, 0.3) is 0 Å². The first-order chi connectivity index (χ1) is 16.0. The molecule has 0 fully saturated rings. The van der Waals surface area contributed by atoms with Crippen molar-refractivity contribution in [1.82, 2.24) is 0 Å². The first-order valence-electron chi connectivity index (χ1n) is 12.5. The standard InChI is InChI=1S/C25H44O8/c1-4-5-6-7-8-9-10-11-12-13-14-15-16-17-21(27)31-18-20(26)22-23(32-19-29-2)24(30-3)25(28)33-22/h20,22,26H,4-19H2,1-3H3/t20?,22-/m1/s1. The minimum atomic E-state index is -1.26. The maximum absolute atomic E-state index is 12.0. The first-order valence-corrected chi connectivity index (χ1v) is 12.5. The van der Waals surface area contributed by atoms with E-state index in [1.165, 1.54) is 78.4 Å². The number of hydrogen-bond donors (Lipinski definition) is 1. The van der Waals surface area contributed by atoms with Gasteiger partial charge >= 0.3 is 11.9 Å². The summed E-state index contributed by atoms with van der Waals surface area (Å²) in [6.07, 6.45) is 14.0. The van der Waals surface area contributed by atoms with Crippen molar-refractivity contribution >= 4 is 11.9 Å². The average molecular weight is 473 g/mol. The molecule has 0 aliphatic carbocycles. The molecule has 0 aromatic heterocycles. The monoisotopic (exact) mass is 472 g/mol. The Labute approximate surface area is 198 Å². The van der Waals surface area contributed by atoms with Gasteiger partial charge in [-0.2, -0.15) is 0 Å². The number of methoxy groups -OCH3 is 2. The number of carbonyl (C=O) groups is 2. The smallest absolute Gasteiger partial charge is 0.378 e. The van der Waals surface area contributed by atoms with E-state index < -0.39 is 18.2 Å². The Hall–Kier alpha value is -1.80. The Morgan fingerprint density at radius 3 is 2.00 bits per heavy atom. The summed E-state index contributed by atoms with van der Waals surface area (Å²) < 4.78 is 25.3. The molecule has 0 saturated heterocycles. The van der Waals surface area contributed by atoms with Gasteiger partial charge in [-0.25, -0.2) is 4.79 Å². The maximum atomic E-state index is 12.0. The quantitative estimate of drug-likeness (QED) is 0.145. The Balaban J connectivity index is 2.09. The fourth-order valence-electron chi connectivity index (χ4n) is 3.78. The molecule has 0 spiro atoms. The van der Waals surface area contributed by atoms with Gasteiger partial charge in [0.15, 0.2) is 18.7 Å². The van der Waals surface area contributed by atoms with E-state index in [-0.39, 0.29) is 30.9 Å². The summed E-state index contributed by atoms with van der Waals surface area (Å²) in [6.45, 7) is 1.81. The molecular formula is C25H44O8. The molecule has 0 bridgehead atoms. The van der Waals surface area contributed by atoms with Gasteiger partial charge in [0.2, 0.25) is 5.76 Å². The lowest BCUT2D eigenvalue weighted by Gasteiger charge is -2.19. The highest BCUT2D eigenvalue weighted by molar-refractivity contribution is 5.89. The molecule has 0 saturated carbocycles. The van der Waals surface area contributed by atoms with Gasteiger partial charge in [-0.15, -0.1) is 0 Å². The zero-order valence-electron chi connectivity index (χ0n) is 20.8. The first kappa shape index (κ1) is 29.2. The summed E-state index contributed by atoms with van der Waals surface area (Å²) >= 11 is 0. The van der Waals surface area contributed by atoms with Crippen LogP contribution in [0.4, 0.5) is 0 Å². The van der Waals surface area contributed by atoms with Crippen LogP contribution in [-0.2, 0) is 33.3 Å². The number of rotatable bonds is 21. The molecule has 192 valence electrons. The number of hydrogen-bond acceptors (Lipinski definition) is 8. The molecule has 2 atom stereocenters. The third-order valence-corrected chi connectivity index (χ3v) is 5.69. The zero-order valence-corrected chi connectivity index (χ0v) is 20.8. The van der Waals surface area contributed by atoms with Crippen LogP contribution in [0.2, 0.25) is 0 Å². The van der Waals surface area contributed by atoms with Gasteiger partial charge in [-0.1, -0.05) is 84.0 Å². The third kappa shape index (κ3) is 12.3. The number of aliphatic hydroxyl groups is 1. The SMILES string of the molecule is CCCCCCCCCCCCCCCC(=O)OCC(O)[C@H]1OC(=O)C(OC)=C1OCOC. The lowest BCUT2D eigenvalue weighted by molar-refractivity contribution is -0.155. The molecule has 0 aromatic carbocycles. The molecule has 1 rings (SSSR count). The van der Waals surface area contributed by atoms with Crippen LogP contribution in [0.1, 0.15) is 96.8 Å². The highest BCUT2D eigenvalue weighted by atomic mass is 16.7. The largest absolute Gasteiger partial charge is 0.487 e. The number of cyclic esters (lactones) is 1. The molecule has 1 aliphatic heterocycles. The van der Waals surface area contributed by atoms with Crippen LogP contribution >= 0.6 is 0 Å². The van der Waals surface area contributed by atoms with Crippen molar-refractivity contribution in [2.45, 2.75) is 109 Å². The van der Waals surface area contributed by atoms with E-state index in [9.17, 15) is 14.7 Å². The van der Waals surface area contributed by atoms with Crippen LogP contribution in [0.5, 0.6) is 0 Å². The molecule has 1 unspecified atom stereocenters. The summed E-state index contributed by atoms with van der Waals surface area (Å²) in [5.74, 6) is -1.22. The molecule has 1 aliphatic rings. The molecule has 0 aromatic rings. The second kappa shape index (κ2) is 18.6. The van der Waals surface area contributed by atoms with Crippen LogP contribution < -0.4 is 0 Å². The van der Waals surface area contributed by atoms with Crippen molar-refractivity contribution in [3.05, 3.63) is 11.5 Å². The van der Waals surface area contributed by atoms with Crippen molar-refractivity contribution < 1.29 is 38.4 Å². The van der Waals surface area contributed by atoms with E-state index in [0.717, 1.165) is 19.3 Å². The van der Waals surface area contributed by atoms with Crippen LogP contribution in [0.25, 0.3) is 0 Å². The van der Waals surface area contributed by atoms with Gasteiger partial charge in [0.1, 0.15) is 12.7 Å². The predicted octanol–water partition coefficient (Wildman–Crippen LogP) is 4.78. The highest BCUT2D eigenvalue weighted by Gasteiger charge is 2.42. The Kier molecular flexibility index (Phi) is 16.5. The summed E-state index contributed by atoms with van der Waals surface area (Å²) in [4.78, 5) is 23.8. The normalized spacial score (nSPS) is 16.6. The van der Waals surface area contributed by atoms with Crippen molar-refractivity contribution in [3.63, 3.8) is 0 Å². The molecule has 0 radical (unpaired) electrons. The van der Waals surface area contributed by atoms with E-state index in [1.807, 2.05) is 0 Å². The van der Waals surface area contributed by atoms with E-state index >= 15 is 0 Å². The topological polar surface area (TPSA) is 101 Å². The summed E-state index contributed by atoms with van der Waals surface area (Å²) in [6, 6.07) is 0. The fraction of sp³-hybridized carbons (Fsp3) is 0.840. The predicted molar refractivity (Wildman–Crippen MR) is 124 cm³/mol. The molecule has 8 heteroatoms. The summed E-state index contributed by atoms with van der Waals surface area (Å²) in [7, 11) is 2.73. The van der Waals surface area contributed by atoms with Crippen LogP contribution in [0, 0.1) is 0 Å². The third-order valence-electron chi connectivity index (χ3n) is 5.69. The minimum absolute atomic E-state index is 0.0318. The molecule has 8 nitrogen and oxygen atoms in total. The Morgan fingerprint density at radius 2 is 1.48 bits per heavy atom.